The summed E-state index contributed by atoms with van der Waals surface area (Å²) in [7, 11) is 0. The molecule has 0 unspecified atom stereocenters. The van der Waals surface area contributed by atoms with Gasteiger partial charge in [0.2, 0.25) is 5.91 Å². The number of benzene rings is 1. The normalized spacial score (nSPS) is 14.8. The molecule has 7 heteroatoms. The number of thiazole rings is 1. The lowest BCUT2D eigenvalue weighted by atomic mass is 9.93. The molecule has 1 aliphatic heterocycles. The SMILES string of the molecule is Cl.O=C(CCC1CCNCC1)Nc1ncc(Cc2cccc(Cl)c2)s1. The second kappa shape index (κ2) is 10.1. The zero-order valence-corrected chi connectivity index (χ0v) is 16.4. The first-order chi connectivity index (χ1) is 11.7. The van der Waals surface area contributed by atoms with Crippen LogP contribution in [-0.4, -0.2) is 24.0 Å². The molecule has 1 saturated heterocycles. The monoisotopic (exact) mass is 399 g/mol. The van der Waals surface area contributed by atoms with Crippen molar-refractivity contribution in [3.63, 3.8) is 0 Å². The van der Waals surface area contributed by atoms with E-state index >= 15 is 0 Å². The maximum absolute atomic E-state index is 12.1. The molecule has 1 amide bonds. The summed E-state index contributed by atoms with van der Waals surface area (Å²) >= 11 is 7.54. The largest absolute Gasteiger partial charge is 0.317 e. The molecule has 0 aliphatic carbocycles. The van der Waals surface area contributed by atoms with Gasteiger partial charge in [0.25, 0.3) is 0 Å². The van der Waals surface area contributed by atoms with Gasteiger partial charge in [-0.2, -0.15) is 0 Å². The average Bonchev–Trinajstić information content (AvgIpc) is 3.01. The van der Waals surface area contributed by atoms with Crippen LogP contribution in [0, 0.1) is 5.92 Å². The van der Waals surface area contributed by atoms with E-state index in [1.807, 2.05) is 30.5 Å². The number of carbonyl (C=O) groups excluding carboxylic acids is 1. The van der Waals surface area contributed by atoms with Crippen molar-refractivity contribution in [2.75, 3.05) is 18.4 Å². The maximum Gasteiger partial charge on any atom is 0.226 e. The van der Waals surface area contributed by atoms with Gasteiger partial charge in [0.1, 0.15) is 0 Å². The van der Waals surface area contributed by atoms with Gasteiger partial charge in [0, 0.05) is 28.9 Å². The summed E-state index contributed by atoms with van der Waals surface area (Å²) in [5.41, 5.74) is 1.15. The van der Waals surface area contributed by atoms with Crippen molar-refractivity contribution in [3.8, 4) is 0 Å². The summed E-state index contributed by atoms with van der Waals surface area (Å²) in [6, 6.07) is 7.81. The van der Waals surface area contributed by atoms with E-state index in [9.17, 15) is 4.79 Å². The lowest BCUT2D eigenvalue weighted by Crippen LogP contribution is -2.28. The molecule has 0 saturated carbocycles. The van der Waals surface area contributed by atoms with Crippen molar-refractivity contribution < 1.29 is 4.79 Å². The topological polar surface area (TPSA) is 54.0 Å². The third kappa shape index (κ3) is 6.59. The van der Waals surface area contributed by atoms with Crippen LogP contribution in [0.3, 0.4) is 0 Å². The molecule has 2 N–H and O–H groups in total. The number of hydrogen-bond acceptors (Lipinski definition) is 4. The van der Waals surface area contributed by atoms with Gasteiger partial charge >= 0.3 is 0 Å². The molecule has 1 fully saturated rings. The van der Waals surface area contributed by atoms with Crippen LogP contribution in [0.4, 0.5) is 5.13 Å². The minimum Gasteiger partial charge on any atom is -0.317 e. The third-order valence-corrected chi connectivity index (χ3v) is 5.45. The number of hydrogen-bond donors (Lipinski definition) is 2. The summed E-state index contributed by atoms with van der Waals surface area (Å²) in [5.74, 6) is 0.740. The summed E-state index contributed by atoms with van der Waals surface area (Å²) in [4.78, 5) is 17.5. The molecular weight excluding hydrogens is 377 g/mol. The number of aromatic nitrogens is 1. The summed E-state index contributed by atoms with van der Waals surface area (Å²) in [5, 5.41) is 7.70. The molecule has 0 spiro atoms. The van der Waals surface area contributed by atoms with E-state index in [4.69, 9.17) is 11.6 Å². The van der Waals surface area contributed by atoms with Crippen molar-refractivity contribution in [2.45, 2.75) is 32.1 Å². The Hall–Kier alpha value is -1.14. The van der Waals surface area contributed by atoms with Crippen molar-refractivity contribution in [2.24, 2.45) is 5.92 Å². The molecular formula is C18H23Cl2N3OS. The summed E-state index contributed by atoms with van der Waals surface area (Å²) < 4.78 is 0. The highest BCUT2D eigenvalue weighted by Gasteiger charge is 2.15. The van der Waals surface area contributed by atoms with Crippen LogP contribution in [0.2, 0.25) is 5.02 Å². The first-order valence-corrected chi connectivity index (χ1v) is 9.58. The van der Waals surface area contributed by atoms with Gasteiger partial charge in [0.05, 0.1) is 0 Å². The quantitative estimate of drug-likeness (QED) is 0.749. The second-order valence-electron chi connectivity index (χ2n) is 6.22. The molecule has 136 valence electrons. The van der Waals surface area contributed by atoms with Crippen molar-refractivity contribution in [1.29, 1.82) is 0 Å². The lowest BCUT2D eigenvalue weighted by Gasteiger charge is -2.21. The van der Waals surface area contributed by atoms with Gasteiger partial charge in [-0.15, -0.1) is 23.7 Å². The number of amides is 1. The highest BCUT2D eigenvalue weighted by Crippen LogP contribution is 2.23. The average molecular weight is 400 g/mol. The molecule has 25 heavy (non-hydrogen) atoms. The molecule has 1 aromatic heterocycles. The number of piperidine rings is 1. The van der Waals surface area contributed by atoms with Gasteiger partial charge < -0.3 is 10.6 Å². The molecule has 3 rings (SSSR count). The van der Waals surface area contributed by atoms with Crippen molar-refractivity contribution >= 4 is 46.4 Å². The minimum atomic E-state index is 0. The van der Waals surface area contributed by atoms with Gasteiger partial charge in [-0.25, -0.2) is 4.98 Å². The van der Waals surface area contributed by atoms with Crippen LogP contribution in [0.15, 0.2) is 30.5 Å². The Kier molecular flexibility index (Phi) is 8.16. The third-order valence-electron chi connectivity index (χ3n) is 4.31. The van der Waals surface area contributed by atoms with Crippen LogP contribution >= 0.6 is 35.3 Å². The van der Waals surface area contributed by atoms with E-state index in [1.54, 1.807) is 0 Å². The fraction of sp³-hybridized carbons (Fsp3) is 0.444. The Bertz CT molecular complexity index is 686. The minimum absolute atomic E-state index is 0. The Morgan fingerprint density at radius 2 is 2.16 bits per heavy atom. The first kappa shape index (κ1) is 20.2. The van der Waals surface area contributed by atoms with E-state index in [0.717, 1.165) is 41.4 Å². The van der Waals surface area contributed by atoms with Gasteiger partial charge in [-0.3, -0.25) is 4.79 Å². The fourth-order valence-corrected chi connectivity index (χ4v) is 4.06. The second-order valence-corrected chi connectivity index (χ2v) is 7.77. The zero-order valence-electron chi connectivity index (χ0n) is 14.0. The van der Waals surface area contributed by atoms with Gasteiger partial charge in [-0.1, -0.05) is 23.7 Å². The molecule has 2 heterocycles. The van der Waals surface area contributed by atoms with E-state index in [2.05, 4.69) is 15.6 Å². The predicted molar refractivity (Wildman–Crippen MR) is 107 cm³/mol. The van der Waals surface area contributed by atoms with Crippen LogP contribution < -0.4 is 10.6 Å². The highest BCUT2D eigenvalue weighted by atomic mass is 35.5. The Labute approximate surface area is 163 Å². The van der Waals surface area contributed by atoms with Crippen LogP contribution in [-0.2, 0) is 11.2 Å². The van der Waals surface area contributed by atoms with E-state index in [1.165, 1.54) is 24.2 Å². The van der Waals surface area contributed by atoms with E-state index in [-0.39, 0.29) is 18.3 Å². The standard InChI is InChI=1S/C18H22ClN3OS.ClH/c19-15-3-1-2-14(10-15)11-16-12-21-18(24-16)22-17(23)5-4-13-6-8-20-9-7-13;/h1-3,10,12-13,20H,4-9,11H2,(H,21,22,23);1H. The molecule has 2 aromatic rings. The molecule has 0 radical (unpaired) electrons. The first-order valence-electron chi connectivity index (χ1n) is 8.39. The maximum atomic E-state index is 12.1. The number of anilines is 1. The summed E-state index contributed by atoms with van der Waals surface area (Å²) in [6.45, 7) is 2.15. The highest BCUT2D eigenvalue weighted by molar-refractivity contribution is 7.15. The Morgan fingerprint density at radius 3 is 2.92 bits per heavy atom. The number of nitrogens with one attached hydrogen (secondary N) is 2. The molecule has 0 bridgehead atoms. The number of nitrogens with zero attached hydrogens (tertiary/aromatic N) is 1. The molecule has 0 atom stereocenters. The molecule has 1 aliphatic rings. The number of rotatable bonds is 6. The lowest BCUT2D eigenvalue weighted by molar-refractivity contribution is -0.116. The Morgan fingerprint density at radius 1 is 1.36 bits per heavy atom. The van der Waals surface area contributed by atoms with Crippen molar-refractivity contribution in [3.05, 3.63) is 45.9 Å². The van der Waals surface area contributed by atoms with E-state index < -0.39 is 0 Å². The fourth-order valence-electron chi connectivity index (χ4n) is 2.98. The molecule has 1 aromatic carbocycles. The number of carbonyl (C=O) groups is 1. The van der Waals surface area contributed by atoms with Crippen LogP contribution in [0.1, 0.15) is 36.1 Å². The predicted octanol–water partition coefficient (Wildman–Crippen LogP) is 4.53. The Balaban J connectivity index is 0.00000225. The number of halogens is 2. The van der Waals surface area contributed by atoms with Crippen LogP contribution in [0.25, 0.3) is 0 Å². The smallest absolute Gasteiger partial charge is 0.226 e. The summed E-state index contributed by atoms with van der Waals surface area (Å²) in [6.07, 6.45) is 6.50. The zero-order chi connectivity index (χ0) is 16.8. The molecule has 4 nitrogen and oxygen atoms in total. The van der Waals surface area contributed by atoms with Crippen molar-refractivity contribution in [1.82, 2.24) is 10.3 Å². The van der Waals surface area contributed by atoms with Gasteiger partial charge in [0.15, 0.2) is 5.13 Å². The van der Waals surface area contributed by atoms with Gasteiger partial charge in [-0.05, 0) is 56.0 Å². The van der Waals surface area contributed by atoms with E-state index in [0.29, 0.717) is 17.5 Å². The van der Waals surface area contributed by atoms with Crippen LogP contribution in [0.5, 0.6) is 0 Å².